The monoisotopic (exact) mass is 285 g/mol. The van der Waals surface area contributed by atoms with E-state index in [0.717, 1.165) is 0 Å². The van der Waals surface area contributed by atoms with Crippen molar-refractivity contribution in [3.05, 3.63) is 24.3 Å². The van der Waals surface area contributed by atoms with Crippen LogP contribution in [0.5, 0.6) is 5.75 Å². The summed E-state index contributed by atoms with van der Waals surface area (Å²) in [5.74, 6) is -0.675. The van der Waals surface area contributed by atoms with Crippen LogP contribution in [0.4, 0.5) is 0 Å². The number of hydrogen-bond acceptors (Lipinski definition) is 4. The predicted molar refractivity (Wildman–Crippen MR) is 72.6 cm³/mol. The van der Waals surface area contributed by atoms with Crippen molar-refractivity contribution in [1.29, 1.82) is 0 Å². The number of para-hydroxylation sites is 1. The molecule has 0 heterocycles. The van der Waals surface area contributed by atoms with Gasteiger partial charge >= 0.3 is 0 Å². The quantitative estimate of drug-likeness (QED) is 0.819. The minimum absolute atomic E-state index is 0.116. The van der Waals surface area contributed by atoms with E-state index in [-0.39, 0.29) is 17.1 Å². The molecule has 0 aliphatic heterocycles. The number of ether oxygens (including phenoxy) is 1. The molecule has 6 heteroatoms. The Morgan fingerprint density at radius 2 is 2.00 bits per heavy atom. The van der Waals surface area contributed by atoms with E-state index in [0.29, 0.717) is 12.2 Å². The van der Waals surface area contributed by atoms with Gasteiger partial charge < -0.3 is 10.5 Å². The van der Waals surface area contributed by atoms with Crippen LogP contribution in [0.2, 0.25) is 0 Å². The molecule has 0 fully saturated rings. The Kier molecular flexibility index (Phi) is 5.35. The number of primary amides is 1. The van der Waals surface area contributed by atoms with E-state index in [4.69, 9.17) is 10.5 Å². The summed E-state index contributed by atoms with van der Waals surface area (Å²) in [4.78, 5) is 11.3. The minimum Gasteiger partial charge on any atom is -0.495 e. The molecule has 1 rings (SSSR count). The van der Waals surface area contributed by atoms with Crippen molar-refractivity contribution < 1.29 is 17.9 Å². The zero-order chi connectivity index (χ0) is 14.5. The fraction of sp³-hybridized carbons (Fsp3) is 0.462. The van der Waals surface area contributed by atoms with Gasteiger partial charge in [0.1, 0.15) is 10.6 Å². The number of amides is 1. The summed E-state index contributed by atoms with van der Waals surface area (Å²) in [7, 11) is -2.05. The van der Waals surface area contributed by atoms with Crippen molar-refractivity contribution in [1.82, 2.24) is 0 Å². The summed E-state index contributed by atoms with van der Waals surface area (Å²) in [6.07, 6.45) is 0.767. The van der Waals surface area contributed by atoms with Gasteiger partial charge in [-0.3, -0.25) is 4.79 Å². The second-order valence-electron chi connectivity index (χ2n) is 4.27. The number of hydrogen-bond donors (Lipinski definition) is 1. The van der Waals surface area contributed by atoms with Crippen molar-refractivity contribution in [2.75, 3.05) is 12.9 Å². The lowest BCUT2D eigenvalue weighted by atomic mass is 10.0. The Bertz CT molecular complexity index is 539. The molecule has 2 N–H and O–H groups in total. The van der Waals surface area contributed by atoms with E-state index >= 15 is 0 Å². The molecular weight excluding hydrogens is 266 g/mol. The molecule has 0 aliphatic carbocycles. The highest BCUT2D eigenvalue weighted by Gasteiger charge is 2.22. The van der Waals surface area contributed by atoms with Crippen LogP contribution in [0.3, 0.4) is 0 Å². The molecule has 0 aromatic heterocycles. The van der Waals surface area contributed by atoms with Gasteiger partial charge in [-0.1, -0.05) is 19.1 Å². The van der Waals surface area contributed by atoms with Gasteiger partial charge in [0, 0.05) is 5.92 Å². The first-order valence-electron chi connectivity index (χ1n) is 6.07. The van der Waals surface area contributed by atoms with Gasteiger partial charge in [0.05, 0.1) is 12.9 Å². The normalized spacial score (nSPS) is 12.9. The number of methoxy groups -OCH3 is 1. The molecule has 5 nitrogen and oxygen atoms in total. The number of benzene rings is 1. The molecular formula is C13H19NO4S. The Hall–Kier alpha value is -1.56. The van der Waals surface area contributed by atoms with E-state index in [2.05, 4.69) is 0 Å². The van der Waals surface area contributed by atoms with Crippen LogP contribution in [0.25, 0.3) is 0 Å². The molecule has 1 atom stereocenters. The summed E-state index contributed by atoms with van der Waals surface area (Å²) >= 11 is 0. The molecule has 1 aromatic carbocycles. The zero-order valence-electron chi connectivity index (χ0n) is 11.1. The van der Waals surface area contributed by atoms with E-state index in [1.54, 1.807) is 18.2 Å². The summed E-state index contributed by atoms with van der Waals surface area (Å²) in [6.45, 7) is 1.81. The lowest BCUT2D eigenvalue weighted by Gasteiger charge is -2.12. The number of carbonyl (C=O) groups is 1. The van der Waals surface area contributed by atoms with Crippen LogP contribution in [0.15, 0.2) is 29.2 Å². The molecule has 0 radical (unpaired) electrons. The highest BCUT2D eigenvalue weighted by atomic mass is 32.2. The third-order valence-electron chi connectivity index (χ3n) is 3.03. The number of carbonyl (C=O) groups excluding carboxylic acids is 1. The maximum atomic E-state index is 12.2. The lowest BCUT2D eigenvalue weighted by Crippen LogP contribution is -2.25. The summed E-state index contributed by atoms with van der Waals surface area (Å²) in [6, 6.07) is 6.44. The SMILES string of the molecule is CCC(CCS(=O)(=O)c1ccccc1OC)C(N)=O. The molecule has 0 spiro atoms. The van der Waals surface area contributed by atoms with E-state index in [1.165, 1.54) is 13.2 Å². The second-order valence-corrected chi connectivity index (χ2v) is 6.34. The Labute approximate surface area is 113 Å². The third-order valence-corrected chi connectivity index (χ3v) is 4.81. The summed E-state index contributed by atoms with van der Waals surface area (Å²) in [5.41, 5.74) is 5.21. The highest BCUT2D eigenvalue weighted by molar-refractivity contribution is 7.91. The molecule has 0 saturated heterocycles. The first kappa shape index (κ1) is 15.5. The standard InChI is InChI=1S/C13H19NO4S/c1-3-10(13(14)15)8-9-19(16,17)12-7-5-4-6-11(12)18-2/h4-7,10H,3,8-9H2,1-2H3,(H2,14,15). The number of rotatable bonds is 7. The van der Waals surface area contributed by atoms with Crippen LogP contribution in [-0.2, 0) is 14.6 Å². The van der Waals surface area contributed by atoms with Gasteiger partial charge in [0.2, 0.25) is 5.91 Å². The average molecular weight is 285 g/mol. The van der Waals surface area contributed by atoms with Gasteiger partial charge in [-0.15, -0.1) is 0 Å². The third kappa shape index (κ3) is 3.96. The molecule has 106 valence electrons. The number of nitrogens with two attached hydrogens (primary N) is 1. The van der Waals surface area contributed by atoms with E-state index in [1.807, 2.05) is 6.92 Å². The predicted octanol–water partition coefficient (Wildman–Crippen LogP) is 1.37. The number of sulfone groups is 1. The topological polar surface area (TPSA) is 86.5 Å². The van der Waals surface area contributed by atoms with E-state index < -0.39 is 21.7 Å². The van der Waals surface area contributed by atoms with Crippen molar-refractivity contribution in [3.63, 3.8) is 0 Å². The Balaban J connectivity index is 2.90. The fourth-order valence-corrected chi connectivity index (χ4v) is 3.39. The first-order chi connectivity index (χ1) is 8.92. The highest BCUT2D eigenvalue weighted by Crippen LogP contribution is 2.25. The zero-order valence-corrected chi connectivity index (χ0v) is 11.9. The maximum Gasteiger partial charge on any atom is 0.220 e. The van der Waals surface area contributed by atoms with Crippen LogP contribution in [-0.4, -0.2) is 27.2 Å². The molecule has 0 bridgehead atoms. The van der Waals surface area contributed by atoms with Gasteiger partial charge in [-0.25, -0.2) is 8.42 Å². The van der Waals surface area contributed by atoms with Gasteiger partial charge in [-0.05, 0) is 25.0 Å². The molecule has 1 amide bonds. The average Bonchev–Trinajstić information content (AvgIpc) is 2.38. The van der Waals surface area contributed by atoms with E-state index in [9.17, 15) is 13.2 Å². The van der Waals surface area contributed by atoms with Gasteiger partial charge in [0.15, 0.2) is 9.84 Å². The van der Waals surface area contributed by atoms with Gasteiger partial charge in [0.25, 0.3) is 0 Å². The van der Waals surface area contributed by atoms with Crippen LogP contribution in [0, 0.1) is 5.92 Å². The largest absolute Gasteiger partial charge is 0.495 e. The van der Waals surface area contributed by atoms with Crippen LogP contribution < -0.4 is 10.5 Å². The molecule has 19 heavy (non-hydrogen) atoms. The lowest BCUT2D eigenvalue weighted by molar-refractivity contribution is -0.121. The van der Waals surface area contributed by atoms with Crippen molar-refractivity contribution in [2.24, 2.45) is 11.7 Å². The van der Waals surface area contributed by atoms with Crippen molar-refractivity contribution in [3.8, 4) is 5.75 Å². The maximum absolute atomic E-state index is 12.2. The summed E-state index contributed by atoms with van der Waals surface area (Å²) in [5, 5.41) is 0. The Morgan fingerprint density at radius 1 is 1.37 bits per heavy atom. The first-order valence-corrected chi connectivity index (χ1v) is 7.72. The molecule has 0 saturated carbocycles. The minimum atomic E-state index is -3.47. The van der Waals surface area contributed by atoms with Gasteiger partial charge in [-0.2, -0.15) is 0 Å². The van der Waals surface area contributed by atoms with Crippen LogP contribution >= 0.6 is 0 Å². The van der Waals surface area contributed by atoms with Crippen molar-refractivity contribution in [2.45, 2.75) is 24.7 Å². The smallest absolute Gasteiger partial charge is 0.220 e. The summed E-state index contributed by atoms with van der Waals surface area (Å²) < 4.78 is 29.5. The second kappa shape index (κ2) is 6.56. The molecule has 1 aromatic rings. The fourth-order valence-electron chi connectivity index (χ4n) is 1.83. The molecule has 0 aliphatic rings. The van der Waals surface area contributed by atoms with Crippen LogP contribution in [0.1, 0.15) is 19.8 Å². The van der Waals surface area contributed by atoms with Crippen molar-refractivity contribution >= 4 is 15.7 Å². The molecule has 1 unspecified atom stereocenters. The Morgan fingerprint density at radius 3 is 2.53 bits per heavy atom.